The van der Waals surface area contributed by atoms with Gasteiger partial charge in [0.05, 0.1) is 0 Å². The van der Waals surface area contributed by atoms with Crippen molar-refractivity contribution < 1.29 is 0 Å². The standard InChI is InChI=1S/C16H25N/c1-15(2,3)12-16(4,5)17-11-14(17)13-9-7-6-8-10-13/h6-10,14H,11-12H2,1-5H3. The maximum Gasteiger partial charge on any atom is 0.0481 e. The van der Waals surface area contributed by atoms with Gasteiger partial charge in [-0.25, -0.2) is 0 Å². The van der Waals surface area contributed by atoms with E-state index in [-0.39, 0.29) is 0 Å². The predicted molar refractivity (Wildman–Crippen MR) is 74.0 cm³/mol. The van der Waals surface area contributed by atoms with E-state index >= 15 is 0 Å². The van der Waals surface area contributed by atoms with Crippen LogP contribution in [0.1, 0.15) is 52.6 Å². The van der Waals surface area contributed by atoms with E-state index in [4.69, 9.17) is 0 Å². The molecule has 1 aliphatic rings. The molecular formula is C16H25N. The fourth-order valence-electron chi connectivity index (χ4n) is 3.17. The molecule has 1 heterocycles. The Morgan fingerprint density at radius 3 is 2.18 bits per heavy atom. The van der Waals surface area contributed by atoms with Gasteiger partial charge in [-0.2, -0.15) is 0 Å². The molecule has 2 rings (SSSR count). The summed E-state index contributed by atoms with van der Waals surface area (Å²) in [5.41, 5.74) is 2.17. The molecule has 1 fully saturated rings. The second-order valence-electron chi connectivity index (χ2n) is 7.13. The molecule has 1 aromatic carbocycles. The van der Waals surface area contributed by atoms with Crippen LogP contribution in [0, 0.1) is 5.41 Å². The van der Waals surface area contributed by atoms with Crippen molar-refractivity contribution in [2.45, 2.75) is 52.6 Å². The number of hydrogen-bond donors (Lipinski definition) is 0. The Bertz CT molecular complexity index is 372. The summed E-state index contributed by atoms with van der Waals surface area (Å²) < 4.78 is 0. The average molecular weight is 231 g/mol. The summed E-state index contributed by atoms with van der Waals surface area (Å²) in [6.07, 6.45) is 1.24. The van der Waals surface area contributed by atoms with E-state index in [9.17, 15) is 0 Å². The molecule has 0 aromatic heterocycles. The van der Waals surface area contributed by atoms with Crippen molar-refractivity contribution in [2.24, 2.45) is 5.41 Å². The lowest BCUT2D eigenvalue weighted by Gasteiger charge is -2.34. The molecule has 0 bridgehead atoms. The van der Waals surface area contributed by atoms with Crippen molar-refractivity contribution >= 4 is 0 Å². The first kappa shape index (κ1) is 12.6. The van der Waals surface area contributed by atoms with E-state index in [1.165, 1.54) is 18.5 Å². The zero-order valence-electron chi connectivity index (χ0n) is 11.8. The SMILES string of the molecule is CC(C)(C)CC(C)(C)N1CC1c1ccccc1. The van der Waals surface area contributed by atoms with Crippen LogP contribution in [0.4, 0.5) is 0 Å². The minimum atomic E-state index is 0.304. The van der Waals surface area contributed by atoms with Crippen LogP contribution in [0.3, 0.4) is 0 Å². The van der Waals surface area contributed by atoms with Gasteiger partial charge in [0.15, 0.2) is 0 Å². The van der Waals surface area contributed by atoms with Crippen molar-refractivity contribution in [1.82, 2.24) is 4.90 Å². The molecular weight excluding hydrogens is 206 g/mol. The van der Waals surface area contributed by atoms with Crippen molar-refractivity contribution in [2.75, 3.05) is 6.54 Å². The van der Waals surface area contributed by atoms with Crippen LogP contribution in [0.5, 0.6) is 0 Å². The maximum atomic E-state index is 2.62. The third kappa shape index (κ3) is 3.10. The van der Waals surface area contributed by atoms with E-state index in [1.54, 1.807) is 0 Å². The van der Waals surface area contributed by atoms with E-state index in [0.29, 0.717) is 17.0 Å². The topological polar surface area (TPSA) is 3.01 Å². The molecule has 17 heavy (non-hydrogen) atoms. The summed E-state index contributed by atoms with van der Waals surface area (Å²) in [7, 11) is 0. The molecule has 0 saturated carbocycles. The predicted octanol–water partition coefficient (Wildman–Crippen LogP) is 4.26. The molecule has 0 spiro atoms. The normalized spacial score (nSPS) is 24.8. The van der Waals surface area contributed by atoms with Gasteiger partial charge < -0.3 is 0 Å². The highest BCUT2D eigenvalue weighted by Crippen LogP contribution is 2.45. The van der Waals surface area contributed by atoms with Crippen molar-refractivity contribution in [3.05, 3.63) is 35.9 Å². The summed E-state index contributed by atoms with van der Waals surface area (Å²) in [5, 5.41) is 0. The molecule has 2 unspecified atom stereocenters. The Hall–Kier alpha value is -0.820. The van der Waals surface area contributed by atoms with Crippen LogP contribution in [0.15, 0.2) is 30.3 Å². The van der Waals surface area contributed by atoms with Crippen LogP contribution in [0.2, 0.25) is 0 Å². The van der Waals surface area contributed by atoms with Crippen LogP contribution in [0.25, 0.3) is 0 Å². The molecule has 0 radical (unpaired) electrons. The molecule has 1 nitrogen and oxygen atoms in total. The Morgan fingerprint density at radius 1 is 1.06 bits per heavy atom. The van der Waals surface area contributed by atoms with Gasteiger partial charge in [0.2, 0.25) is 0 Å². The molecule has 0 aliphatic carbocycles. The maximum absolute atomic E-state index is 2.62. The highest BCUT2D eigenvalue weighted by molar-refractivity contribution is 5.25. The lowest BCUT2D eigenvalue weighted by molar-refractivity contribution is 0.170. The number of rotatable bonds is 3. The van der Waals surface area contributed by atoms with Crippen LogP contribution < -0.4 is 0 Å². The Kier molecular flexibility index (Phi) is 3.07. The van der Waals surface area contributed by atoms with E-state index in [1.807, 2.05) is 0 Å². The van der Waals surface area contributed by atoms with Gasteiger partial charge in [-0.05, 0) is 31.2 Å². The van der Waals surface area contributed by atoms with Crippen molar-refractivity contribution in [3.63, 3.8) is 0 Å². The first-order valence-electron chi connectivity index (χ1n) is 6.61. The number of nitrogens with zero attached hydrogens (tertiary/aromatic N) is 1. The van der Waals surface area contributed by atoms with Crippen LogP contribution >= 0.6 is 0 Å². The fraction of sp³-hybridized carbons (Fsp3) is 0.625. The number of hydrogen-bond acceptors (Lipinski definition) is 1. The quantitative estimate of drug-likeness (QED) is 0.702. The Balaban J connectivity index is 2.03. The van der Waals surface area contributed by atoms with Gasteiger partial charge in [0.1, 0.15) is 0 Å². The highest BCUT2D eigenvalue weighted by Gasteiger charge is 2.46. The van der Waals surface area contributed by atoms with Crippen LogP contribution in [-0.2, 0) is 0 Å². The first-order chi connectivity index (χ1) is 7.80. The van der Waals surface area contributed by atoms with Gasteiger partial charge in [-0.1, -0.05) is 51.1 Å². The van der Waals surface area contributed by atoms with E-state index in [2.05, 4.69) is 69.9 Å². The molecule has 1 saturated heterocycles. The molecule has 94 valence electrons. The average Bonchev–Trinajstić information content (AvgIpc) is 2.95. The summed E-state index contributed by atoms with van der Waals surface area (Å²) in [6, 6.07) is 11.5. The van der Waals surface area contributed by atoms with Gasteiger partial charge >= 0.3 is 0 Å². The smallest absolute Gasteiger partial charge is 0.0481 e. The van der Waals surface area contributed by atoms with Crippen molar-refractivity contribution in [1.29, 1.82) is 0 Å². The van der Waals surface area contributed by atoms with E-state index in [0.717, 1.165) is 0 Å². The van der Waals surface area contributed by atoms with Gasteiger partial charge in [-0.3, -0.25) is 4.90 Å². The van der Waals surface area contributed by atoms with Crippen molar-refractivity contribution in [3.8, 4) is 0 Å². The summed E-state index contributed by atoms with van der Waals surface area (Å²) in [5.74, 6) is 0. The third-order valence-corrected chi connectivity index (χ3v) is 3.54. The Morgan fingerprint density at radius 2 is 1.65 bits per heavy atom. The first-order valence-corrected chi connectivity index (χ1v) is 6.61. The molecule has 0 amide bonds. The molecule has 2 atom stereocenters. The van der Waals surface area contributed by atoms with Crippen LogP contribution in [-0.4, -0.2) is 17.0 Å². The summed E-state index contributed by atoms with van der Waals surface area (Å²) >= 11 is 0. The molecule has 0 N–H and O–H groups in total. The van der Waals surface area contributed by atoms with Gasteiger partial charge in [0.25, 0.3) is 0 Å². The molecule has 1 heteroatoms. The summed E-state index contributed by atoms with van der Waals surface area (Å²) in [4.78, 5) is 2.62. The minimum Gasteiger partial charge on any atom is -0.288 e. The summed E-state index contributed by atoms with van der Waals surface area (Å²) in [6.45, 7) is 13.0. The minimum absolute atomic E-state index is 0.304. The third-order valence-electron chi connectivity index (χ3n) is 3.54. The zero-order valence-corrected chi connectivity index (χ0v) is 11.8. The largest absolute Gasteiger partial charge is 0.288 e. The molecule has 1 aliphatic heterocycles. The van der Waals surface area contributed by atoms with E-state index < -0.39 is 0 Å². The highest BCUT2D eigenvalue weighted by atomic mass is 15.4. The Labute approximate surface area is 106 Å². The number of benzene rings is 1. The second-order valence-corrected chi connectivity index (χ2v) is 7.13. The molecule has 1 aromatic rings. The zero-order chi connectivity index (χ0) is 12.7. The lowest BCUT2D eigenvalue weighted by Crippen LogP contribution is -2.35. The second kappa shape index (κ2) is 4.13. The van der Waals surface area contributed by atoms with Gasteiger partial charge in [-0.15, -0.1) is 0 Å². The van der Waals surface area contributed by atoms with Gasteiger partial charge in [0, 0.05) is 18.1 Å². The lowest BCUT2D eigenvalue weighted by atomic mass is 9.81. The fourth-order valence-corrected chi connectivity index (χ4v) is 3.17. The monoisotopic (exact) mass is 231 g/mol.